The molecule has 1 saturated heterocycles. The number of rotatable bonds is 2. The third-order valence-electron chi connectivity index (χ3n) is 1.92. The summed E-state index contributed by atoms with van der Waals surface area (Å²) < 4.78 is 0.533. The van der Waals surface area contributed by atoms with Crippen molar-refractivity contribution in [2.24, 2.45) is 5.10 Å². The maximum absolute atomic E-state index is 11.3. The van der Waals surface area contributed by atoms with Crippen LogP contribution in [0.25, 0.3) is 0 Å². The Morgan fingerprint density at radius 3 is 3.00 bits per heavy atom. The minimum atomic E-state index is -0.0459. The van der Waals surface area contributed by atoms with Crippen molar-refractivity contribution < 1.29 is 4.79 Å². The SMILES string of the molecule is Cc1ccsc1/C=N/N1C(=O)CSC1=S. The van der Waals surface area contributed by atoms with Crippen LogP contribution in [0.15, 0.2) is 16.5 Å². The van der Waals surface area contributed by atoms with E-state index in [2.05, 4.69) is 5.10 Å². The minimum Gasteiger partial charge on any atom is -0.272 e. The van der Waals surface area contributed by atoms with Gasteiger partial charge in [0.1, 0.15) is 0 Å². The van der Waals surface area contributed by atoms with Crippen molar-refractivity contribution in [3.8, 4) is 0 Å². The van der Waals surface area contributed by atoms with Crippen molar-refractivity contribution in [2.75, 3.05) is 5.75 Å². The molecule has 6 heteroatoms. The standard InChI is InChI=1S/C9H8N2OS3/c1-6-2-3-14-7(6)4-10-11-8(12)5-15-9(11)13/h2-4H,5H2,1H3/b10-4+. The summed E-state index contributed by atoms with van der Waals surface area (Å²) >= 11 is 7.95. The summed E-state index contributed by atoms with van der Waals surface area (Å²) in [6.45, 7) is 2.01. The fourth-order valence-electron chi connectivity index (χ4n) is 1.09. The average molecular weight is 256 g/mol. The Morgan fingerprint density at radius 2 is 2.47 bits per heavy atom. The highest BCUT2D eigenvalue weighted by atomic mass is 32.2. The molecule has 0 N–H and O–H groups in total. The molecule has 2 rings (SSSR count). The van der Waals surface area contributed by atoms with Crippen LogP contribution in [-0.4, -0.2) is 27.2 Å². The molecule has 0 unspecified atom stereocenters. The number of nitrogens with zero attached hydrogens (tertiary/aromatic N) is 2. The molecule has 1 aromatic rings. The number of carbonyl (C=O) groups is 1. The number of thioether (sulfide) groups is 1. The van der Waals surface area contributed by atoms with E-state index < -0.39 is 0 Å². The minimum absolute atomic E-state index is 0.0459. The van der Waals surface area contributed by atoms with Crippen LogP contribution in [0.5, 0.6) is 0 Å². The first-order valence-electron chi connectivity index (χ1n) is 4.26. The number of hydrazone groups is 1. The molecule has 0 atom stereocenters. The quantitative estimate of drug-likeness (QED) is 0.601. The van der Waals surface area contributed by atoms with Crippen LogP contribution in [0, 0.1) is 6.92 Å². The maximum atomic E-state index is 11.3. The molecule has 0 radical (unpaired) electrons. The lowest BCUT2D eigenvalue weighted by Gasteiger charge is -2.05. The molecule has 3 nitrogen and oxygen atoms in total. The molecule has 0 aromatic carbocycles. The van der Waals surface area contributed by atoms with E-state index in [1.807, 2.05) is 18.4 Å². The summed E-state index contributed by atoms with van der Waals surface area (Å²) in [4.78, 5) is 12.4. The number of thiophene rings is 1. The number of carbonyl (C=O) groups excluding carboxylic acids is 1. The highest BCUT2D eigenvalue weighted by Gasteiger charge is 2.25. The third-order valence-corrected chi connectivity index (χ3v) is 4.21. The van der Waals surface area contributed by atoms with Crippen LogP contribution < -0.4 is 0 Å². The molecule has 1 aliphatic rings. The first-order chi connectivity index (χ1) is 7.18. The Morgan fingerprint density at radius 1 is 1.67 bits per heavy atom. The van der Waals surface area contributed by atoms with E-state index in [1.54, 1.807) is 17.6 Å². The van der Waals surface area contributed by atoms with Gasteiger partial charge in [-0.05, 0) is 23.9 Å². The highest BCUT2D eigenvalue weighted by Crippen LogP contribution is 2.20. The topological polar surface area (TPSA) is 32.7 Å². The Kier molecular flexibility index (Phi) is 3.18. The van der Waals surface area contributed by atoms with Crippen molar-refractivity contribution in [2.45, 2.75) is 6.92 Å². The molecule has 0 aliphatic carbocycles. The third kappa shape index (κ3) is 2.27. The smallest absolute Gasteiger partial charge is 0.259 e. The van der Waals surface area contributed by atoms with E-state index in [-0.39, 0.29) is 5.91 Å². The Hall–Kier alpha value is -0.720. The zero-order valence-corrected chi connectivity index (χ0v) is 10.4. The van der Waals surface area contributed by atoms with Crippen molar-refractivity contribution in [3.05, 3.63) is 21.9 Å². The molecule has 78 valence electrons. The van der Waals surface area contributed by atoms with Crippen LogP contribution in [0.1, 0.15) is 10.4 Å². The summed E-state index contributed by atoms with van der Waals surface area (Å²) in [5.74, 6) is 0.357. The summed E-state index contributed by atoms with van der Waals surface area (Å²) in [7, 11) is 0. The summed E-state index contributed by atoms with van der Waals surface area (Å²) in [5.41, 5.74) is 1.16. The second-order valence-corrected chi connectivity index (χ2v) is 5.53. The molecular formula is C9H8N2OS3. The monoisotopic (exact) mass is 256 g/mol. The predicted molar refractivity (Wildman–Crippen MR) is 68.6 cm³/mol. The number of thiocarbonyl (C=S) groups is 1. The van der Waals surface area contributed by atoms with Crippen LogP contribution in [0.3, 0.4) is 0 Å². The van der Waals surface area contributed by atoms with E-state index in [0.29, 0.717) is 10.1 Å². The molecule has 15 heavy (non-hydrogen) atoms. The molecular weight excluding hydrogens is 248 g/mol. The van der Waals surface area contributed by atoms with Crippen molar-refractivity contribution in [1.82, 2.24) is 5.01 Å². The molecule has 0 spiro atoms. The van der Waals surface area contributed by atoms with Gasteiger partial charge in [0, 0.05) is 0 Å². The largest absolute Gasteiger partial charge is 0.272 e. The summed E-state index contributed by atoms with van der Waals surface area (Å²) in [5, 5.41) is 7.38. The Bertz CT molecular complexity index is 422. The van der Waals surface area contributed by atoms with Gasteiger partial charge in [-0.15, -0.1) is 11.3 Å². The lowest BCUT2D eigenvalue weighted by atomic mass is 10.3. The van der Waals surface area contributed by atoms with Gasteiger partial charge in [-0.25, -0.2) is 0 Å². The van der Waals surface area contributed by atoms with Gasteiger partial charge in [0.2, 0.25) is 0 Å². The van der Waals surface area contributed by atoms with Crippen molar-refractivity contribution in [3.63, 3.8) is 0 Å². The summed E-state index contributed by atoms with van der Waals surface area (Å²) in [6, 6.07) is 2.02. The van der Waals surface area contributed by atoms with Gasteiger partial charge in [0.25, 0.3) is 5.91 Å². The second-order valence-electron chi connectivity index (χ2n) is 2.97. The lowest BCUT2D eigenvalue weighted by Crippen LogP contribution is -2.22. The first-order valence-corrected chi connectivity index (χ1v) is 6.53. The fourth-order valence-corrected chi connectivity index (χ4v) is 2.83. The molecule has 1 aliphatic heterocycles. The lowest BCUT2D eigenvalue weighted by molar-refractivity contribution is -0.123. The molecule has 1 amide bonds. The first kappa shape index (κ1) is 10.8. The van der Waals surface area contributed by atoms with E-state index in [0.717, 1.165) is 10.4 Å². The van der Waals surface area contributed by atoms with E-state index in [1.165, 1.54) is 16.8 Å². The van der Waals surface area contributed by atoms with Crippen molar-refractivity contribution in [1.29, 1.82) is 0 Å². The van der Waals surface area contributed by atoms with E-state index in [4.69, 9.17) is 12.2 Å². The van der Waals surface area contributed by atoms with Gasteiger partial charge in [0.15, 0.2) is 4.32 Å². The number of amides is 1. The van der Waals surface area contributed by atoms with Gasteiger partial charge >= 0.3 is 0 Å². The Labute approximate surface area is 101 Å². The number of aryl methyl sites for hydroxylation is 1. The number of hydrogen-bond donors (Lipinski definition) is 0. The van der Waals surface area contributed by atoms with Gasteiger partial charge in [-0.3, -0.25) is 4.79 Å². The van der Waals surface area contributed by atoms with Crippen LogP contribution in [0.4, 0.5) is 0 Å². The van der Waals surface area contributed by atoms with Crippen molar-refractivity contribution >= 4 is 51.8 Å². The molecule has 0 saturated carbocycles. The summed E-state index contributed by atoms with van der Waals surface area (Å²) in [6.07, 6.45) is 1.69. The zero-order chi connectivity index (χ0) is 10.8. The van der Waals surface area contributed by atoms with E-state index >= 15 is 0 Å². The molecule has 1 aromatic heterocycles. The normalized spacial score (nSPS) is 17.0. The van der Waals surface area contributed by atoms with Gasteiger partial charge in [0.05, 0.1) is 16.8 Å². The van der Waals surface area contributed by atoms with Crippen LogP contribution in [0.2, 0.25) is 0 Å². The van der Waals surface area contributed by atoms with Crippen LogP contribution >= 0.6 is 35.3 Å². The Balaban J connectivity index is 2.15. The highest BCUT2D eigenvalue weighted by molar-refractivity contribution is 8.23. The van der Waals surface area contributed by atoms with Crippen LogP contribution in [-0.2, 0) is 4.79 Å². The van der Waals surface area contributed by atoms with Gasteiger partial charge in [-0.2, -0.15) is 10.1 Å². The average Bonchev–Trinajstić information content (AvgIpc) is 2.73. The maximum Gasteiger partial charge on any atom is 0.259 e. The number of hydrogen-bond acceptors (Lipinski definition) is 5. The molecule has 1 fully saturated rings. The second kappa shape index (κ2) is 4.42. The molecule has 2 heterocycles. The van der Waals surface area contributed by atoms with Gasteiger partial charge in [-0.1, -0.05) is 24.0 Å². The van der Waals surface area contributed by atoms with Gasteiger partial charge < -0.3 is 0 Å². The molecule has 0 bridgehead atoms. The zero-order valence-electron chi connectivity index (χ0n) is 7.97. The predicted octanol–water partition coefficient (Wildman–Crippen LogP) is 2.25. The fraction of sp³-hybridized carbons (Fsp3) is 0.222. The van der Waals surface area contributed by atoms with E-state index in [9.17, 15) is 4.79 Å².